The number of amides is 1. The van der Waals surface area contributed by atoms with Crippen LogP contribution in [-0.2, 0) is 10.2 Å². The molecule has 0 aliphatic heterocycles. The van der Waals surface area contributed by atoms with Gasteiger partial charge in [0.15, 0.2) is 0 Å². The van der Waals surface area contributed by atoms with Crippen molar-refractivity contribution in [2.75, 3.05) is 5.32 Å². The highest BCUT2D eigenvalue weighted by Crippen LogP contribution is 2.75. The molecule has 6 unspecified atom stereocenters. The maximum Gasteiger partial charge on any atom is 0.232 e. The van der Waals surface area contributed by atoms with Gasteiger partial charge in [-0.3, -0.25) is 10.1 Å². The third kappa shape index (κ3) is 3.30. The van der Waals surface area contributed by atoms with Crippen molar-refractivity contribution in [3.63, 3.8) is 0 Å². The van der Waals surface area contributed by atoms with Crippen LogP contribution in [0.15, 0.2) is 91.2 Å². The number of benzene rings is 3. The van der Waals surface area contributed by atoms with Crippen LogP contribution in [0.25, 0.3) is 22.0 Å². The second-order valence-electron chi connectivity index (χ2n) is 12.2. The average Bonchev–Trinajstić information content (AvgIpc) is 3.38. The van der Waals surface area contributed by atoms with Gasteiger partial charge in [-0.15, -0.1) is 0 Å². The SMILES string of the molecule is Cc1ccc(-c2cnc(NC(=O)C3(C)CC45c6ccccc6C4C(C)/C=C\C=C/C(C)C35)[nH]2)c2ccccc12. The molecule has 39 heavy (non-hydrogen) atoms. The van der Waals surface area contributed by atoms with E-state index in [1.54, 1.807) is 0 Å². The van der Waals surface area contributed by atoms with Crippen molar-refractivity contribution in [1.29, 1.82) is 0 Å². The molecule has 0 saturated heterocycles. The van der Waals surface area contributed by atoms with Gasteiger partial charge in [-0.2, -0.15) is 0 Å². The molecule has 2 N–H and O–H groups in total. The molecule has 1 amide bonds. The third-order valence-electron chi connectivity index (χ3n) is 10.0. The summed E-state index contributed by atoms with van der Waals surface area (Å²) in [5.74, 6) is 1.89. The van der Waals surface area contributed by atoms with E-state index < -0.39 is 5.41 Å². The van der Waals surface area contributed by atoms with Gasteiger partial charge in [-0.25, -0.2) is 4.98 Å². The summed E-state index contributed by atoms with van der Waals surface area (Å²) in [5.41, 5.74) is 5.66. The van der Waals surface area contributed by atoms with Crippen LogP contribution in [-0.4, -0.2) is 15.9 Å². The smallest absolute Gasteiger partial charge is 0.232 e. The summed E-state index contributed by atoms with van der Waals surface area (Å²) >= 11 is 0. The lowest BCUT2D eigenvalue weighted by molar-refractivity contribution is -0.158. The van der Waals surface area contributed by atoms with Gasteiger partial charge < -0.3 is 4.98 Å². The topological polar surface area (TPSA) is 57.8 Å². The number of aromatic amines is 1. The van der Waals surface area contributed by atoms with Crippen molar-refractivity contribution in [3.05, 3.63) is 108 Å². The number of hydrogen-bond acceptors (Lipinski definition) is 2. The standard InChI is InChI=1S/C35H35N3O/c1-21-17-18-26(25-14-8-7-13-24(21)25)29-19-36-33(37-29)38-32(39)34(4)20-35-28-16-10-9-15-27(28)30(35)22(2)11-5-6-12-23(3)31(34)35/h5-19,22-23,30-31H,20H2,1-4H3,(H2,36,37,38,39)/b11-5-,12-6-. The highest BCUT2D eigenvalue weighted by Gasteiger charge is 2.73. The summed E-state index contributed by atoms with van der Waals surface area (Å²) < 4.78 is 0. The molecule has 1 spiro atoms. The number of fused-ring (bicyclic) bond motifs is 3. The van der Waals surface area contributed by atoms with Crippen LogP contribution in [0.5, 0.6) is 0 Å². The van der Waals surface area contributed by atoms with Gasteiger partial charge in [-0.1, -0.05) is 106 Å². The normalized spacial score (nSPS) is 32.2. The van der Waals surface area contributed by atoms with E-state index in [9.17, 15) is 4.79 Å². The van der Waals surface area contributed by atoms with E-state index in [1.165, 1.54) is 27.5 Å². The van der Waals surface area contributed by atoms with Crippen molar-refractivity contribution in [3.8, 4) is 11.3 Å². The first kappa shape index (κ1) is 24.1. The highest BCUT2D eigenvalue weighted by molar-refractivity contribution is 5.99. The van der Waals surface area contributed by atoms with Gasteiger partial charge in [0.1, 0.15) is 0 Å². The number of nitrogens with one attached hydrogen (secondary N) is 2. The Hall–Kier alpha value is -3.92. The zero-order chi connectivity index (χ0) is 26.9. The number of aryl methyl sites for hydroxylation is 1. The summed E-state index contributed by atoms with van der Waals surface area (Å²) in [4.78, 5) is 22.0. The molecule has 1 saturated carbocycles. The molecule has 196 valence electrons. The predicted molar refractivity (Wildman–Crippen MR) is 159 cm³/mol. The zero-order valence-corrected chi connectivity index (χ0v) is 23.0. The van der Waals surface area contributed by atoms with E-state index in [2.05, 4.69) is 128 Å². The monoisotopic (exact) mass is 513 g/mol. The number of aromatic nitrogens is 2. The maximum atomic E-state index is 14.1. The van der Waals surface area contributed by atoms with Crippen LogP contribution in [0.1, 0.15) is 49.8 Å². The Kier molecular flexibility index (Phi) is 5.29. The number of anilines is 1. The number of hydrogen-bond donors (Lipinski definition) is 2. The summed E-state index contributed by atoms with van der Waals surface area (Å²) in [6, 6.07) is 21.6. The van der Waals surface area contributed by atoms with Crippen LogP contribution >= 0.6 is 0 Å². The number of carbonyl (C=O) groups is 1. The van der Waals surface area contributed by atoms with Crippen molar-refractivity contribution in [2.24, 2.45) is 23.2 Å². The minimum Gasteiger partial charge on any atom is -0.324 e. The Morgan fingerprint density at radius 1 is 0.949 bits per heavy atom. The quantitative estimate of drug-likeness (QED) is 0.292. The molecule has 3 aromatic carbocycles. The molecule has 4 nitrogen and oxygen atoms in total. The van der Waals surface area contributed by atoms with Crippen molar-refractivity contribution in [1.82, 2.24) is 9.97 Å². The summed E-state index contributed by atoms with van der Waals surface area (Å²) in [6.07, 6.45) is 11.7. The summed E-state index contributed by atoms with van der Waals surface area (Å²) in [7, 11) is 0. The molecular formula is C35H35N3O. The lowest BCUT2D eigenvalue weighted by atomic mass is 9.31. The van der Waals surface area contributed by atoms with E-state index in [4.69, 9.17) is 0 Å². The van der Waals surface area contributed by atoms with Crippen LogP contribution in [0.3, 0.4) is 0 Å². The lowest BCUT2D eigenvalue weighted by Gasteiger charge is -2.71. The number of imidazole rings is 1. The first-order chi connectivity index (χ1) is 18.8. The maximum absolute atomic E-state index is 14.1. The Bertz CT molecular complexity index is 1680. The molecule has 7 rings (SSSR count). The lowest BCUT2D eigenvalue weighted by Crippen LogP contribution is -2.70. The Balaban J connectivity index is 1.21. The highest BCUT2D eigenvalue weighted by atomic mass is 16.2. The minimum atomic E-state index is -0.497. The first-order valence-corrected chi connectivity index (χ1v) is 14.1. The fourth-order valence-electron chi connectivity index (χ4n) is 8.57. The zero-order valence-electron chi connectivity index (χ0n) is 23.0. The Morgan fingerprint density at radius 2 is 1.67 bits per heavy atom. The number of nitrogens with zero attached hydrogens (tertiary/aromatic N) is 1. The van der Waals surface area contributed by atoms with Crippen LogP contribution in [0, 0.1) is 30.1 Å². The van der Waals surface area contributed by atoms with Crippen molar-refractivity contribution >= 4 is 22.6 Å². The first-order valence-electron chi connectivity index (χ1n) is 14.1. The molecule has 4 heteroatoms. The molecular weight excluding hydrogens is 478 g/mol. The van der Waals surface area contributed by atoms with Gasteiger partial charge in [0.2, 0.25) is 11.9 Å². The van der Waals surface area contributed by atoms with E-state index >= 15 is 0 Å². The Morgan fingerprint density at radius 3 is 2.49 bits per heavy atom. The van der Waals surface area contributed by atoms with Gasteiger partial charge in [0, 0.05) is 16.9 Å². The van der Waals surface area contributed by atoms with E-state index in [0.717, 1.165) is 17.7 Å². The van der Waals surface area contributed by atoms with Gasteiger partial charge >= 0.3 is 0 Å². The van der Waals surface area contributed by atoms with E-state index in [-0.39, 0.29) is 23.2 Å². The van der Waals surface area contributed by atoms with Crippen LogP contribution in [0.4, 0.5) is 5.95 Å². The predicted octanol–water partition coefficient (Wildman–Crippen LogP) is 7.94. The van der Waals surface area contributed by atoms with Crippen LogP contribution < -0.4 is 5.32 Å². The fourth-order valence-corrected chi connectivity index (χ4v) is 8.57. The number of allylic oxidation sites excluding steroid dienone is 4. The number of carbonyl (C=O) groups excluding carboxylic acids is 1. The van der Waals surface area contributed by atoms with Gasteiger partial charge in [0.25, 0.3) is 0 Å². The second kappa shape index (κ2) is 8.54. The Labute approximate surface area is 230 Å². The third-order valence-corrected chi connectivity index (χ3v) is 10.0. The second-order valence-corrected chi connectivity index (χ2v) is 12.2. The van der Waals surface area contributed by atoms with E-state index in [0.29, 0.717) is 17.8 Å². The molecule has 0 bridgehead atoms. The molecule has 3 aliphatic carbocycles. The summed E-state index contributed by atoms with van der Waals surface area (Å²) in [6.45, 7) is 8.90. The molecule has 3 aliphatic rings. The van der Waals surface area contributed by atoms with Crippen molar-refractivity contribution in [2.45, 2.75) is 45.4 Å². The number of H-pyrrole nitrogens is 1. The minimum absolute atomic E-state index is 0.0235. The molecule has 4 aromatic rings. The molecule has 1 heterocycles. The average molecular weight is 514 g/mol. The molecule has 1 fully saturated rings. The van der Waals surface area contributed by atoms with Gasteiger partial charge in [-0.05, 0) is 58.6 Å². The van der Waals surface area contributed by atoms with Crippen LogP contribution in [0.2, 0.25) is 0 Å². The fraction of sp³-hybridized carbons (Fsp3) is 0.314. The van der Waals surface area contributed by atoms with Gasteiger partial charge in [0.05, 0.1) is 17.3 Å². The largest absolute Gasteiger partial charge is 0.324 e. The molecule has 1 aromatic heterocycles. The summed E-state index contributed by atoms with van der Waals surface area (Å²) in [5, 5.41) is 5.59. The van der Waals surface area contributed by atoms with E-state index in [1.807, 2.05) is 6.20 Å². The number of rotatable bonds is 3. The van der Waals surface area contributed by atoms with Crippen molar-refractivity contribution < 1.29 is 4.79 Å². The molecule has 6 atom stereocenters. The molecule has 0 radical (unpaired) electrons.